The van der Waals surface area contributed by atoms with E-state index in [1.54, 1.807) is 30.3 Å². The normalized spacial score (nSPS) is 10.7. The van der Waals surface area contributed by atoms with E-state index in [2.05, 4.69) is 38.7 Å². The number of para-hydroxylation sites is 1. The van der Waals surface area contributed by atoms with E-state index in [9.17, 15) is 9.59 Å². The van der Waals surface area contributed by atoms with Gasteiger partial charge in [0.1, 0.15) is 6.42 Å². The molecule has 2 aromatic rings. The first kappa shape index (κ1) is 24.7. The number of carbonyl (C=O) groups excluding carboxylic acids is 2. The third-order valence-electron chi connectivity index (χ3n) is 3.95. The molecule has 0 aliphatic rings. The number of nitrogens with zero attached hydrogens (tertiary/aromatic N) is 1. The maximum atomic E-state index is 12.0. The number of carbonyl (C=O) groups is 2. The summed E-state index contributed by atoms with van der Waals surface area (Å²) >= 11 is 9.48. The Balaban J connectivity index is 1.95. The Morgan fingerprint density at radius 1 is 1.16 bits per heavy atom. The summed E-state index contributed by atoms with van der Waals surface area (Å²) < 4.78 is 12.2. The number of ether oxygens (including phenoxy) is 2. The summed E-state index contributed by atoms with van der Waals surface area (Å²) in [5.74, 6) is 0.174. The number of halogens is 2. The van der Waals surface area contributed by atoms with Crippen molar-refractivity contribution in [1.29, 1.82) is 0 Å². The number of benzene rings is 2. The molecular formula is C22H25BrClN3O4. The summed E-state index contributed by atoms with van der Waals surface area (Å²) in [6, 6.07) is 10.4. The molecule has 0 atom stereocenters. The summed E-state index contributed by atoms with van der Waals surface area (Å²) in [4.78, 5) is 24.0. The predicted molar refractivity (Wildman–Crippen MR) is 126 cm³/mol. The molecule has 2 aromatic carbocycles. The van der Waals surface area contributed by atoms with Crippen LogP contribution in [-0.4, -0.2) is 31.2 Å². The number of hydrazone groups is 1. The van der Waals surface area contributed by atoms with Crippen LogP contribution in [0.1, 0.15) is 38.7 Å². The molecule has 0 aliphatic heterocycles. The van der Waals surface area contributed by atoms with Gasteiger partial charge in [0, 0.05) is 0 Å². The third kappa shape index (κ3) is 8.22. The molecule has 0 saturated carbocycles. The molecule has 0 aliphatic carbocycles. The van der Waals surface area contributed by atoms with Crippen molar-refractivity contribution in [2.45, 2.75) is 33.1 Å². The number of nitrogens with one attached hydrogen (secondary N) is 2. The fraction of sp³-hybridized carbons (Fsp3) is 0.318. The van der Waals surface area contributed by atoms with E-state index < -0.39 is 11.8 Å². The monoisotopic (exact) mass is 509 g/mol. The van der Waals surface area contributed by atoms with Crippen molar-refractivity contribution < 1.29 is 19.1 Å². The van der Waals surface area contributed by atoms with E-state index in [4.69, 9.17) is 21.1 Å². The first-order valence-electron chi connectivity index (χ1n) is 9.90. The summed E-state index contributed by atoms with van der Waals surface area (Å²) in [7, 11) is 0. The highest BCUT2D eigenvalue weighted by atomic mass is 79.9. The second-order valence-electron chi connectivity index (χ2n) is 6.46. The van der Waals surface area contributed by atoms with Crippen LogP contribution in [0.25, 0.3) is 0 Å². The minimum atomic E-state index is -0.551. The van der Waals surface area contributed by atoms with Gasteiger partial charge in [-0.1, -0.05) is 37.1 Å². The van der Waals surface area contributed by atoms with Crippen molar-refractivity contribution in [2.75, 3.05) is 18.5 Å². The highest BCUT2D eigenvalue weighted by Gasteiger charge is 2.13. The van der Waals surface area contributed by atoms with Crippen LogP contribution in [-0.2, 0) is 9.59 Å². The number of anilines is 1. The average molecular weight is 511 g/mol. The van der Waals surface area contributed by atoms with Gasteiger partial charge in [0.05, 0.1) is 34.6 Å². The quantitative estimate of drug-likeness (QED) is 0.189. The third-order valence-corrected chi connectivity index (χ3v) is 4.87. The molecule has 0 fully saturated rings. The van der Waals surface area contributed by atoms with Crippen molar-refractivity contribution in [3.63, 3.8) is 0 Å². The van der Waals surface area contributed by atoms with Gasteiger partial charge in [-0.05, 0) is 59.1 Å². The lowest BCUT2D eigenvalue weighted by atomic mass is 10.2. The Morgan fingerprint density at radius 3 is 2.65 bits per heavy atom. The van der Waals surface area contributed by atoms with Gasteiger partial charge in [0.15, 0.2) is 11.5 Å². The molecule has 0 spiro atoms. The minimum Gasteiger partial charge on any atom is -0.490 e. The molecular weight excluding hydrogens is 486 g/mol. The highest BCUT2D eigenvalue weighted by molar-refractivity contribution is 9.10. The number of rotatable bonds is 11. The molecule has 0 radical (unpaired) electrons. The van der Waals surface area contributed by atoms with Gasteiger partial charge >= 0.3 is 0 Å². The lowest BCUT2D eigenvalue weighted by Gasteiger charge is -2.14. The van der Waals surface area contributed by atoms with Crippen molar-refractivity contribution in [3.05, 3.63) is 51.5 Å². The largest absolute Gasteiger partial charge is 0.490 e. The van der Waals surface area contributed by atoms with Crippen LogP contribution in [0, 0.1) is 0 Å². The van der Waals surface area contributed by atoms with E-state index in [1.807, 2.05) is 13.0 Å². The number of amides is 2. The van der Waals surface area contributed by atoms with Crippen LogP contribution >= 0.6 is 27.5 Å². The molecule has 2 N–H and O–H groups in total. The molecule has 0 bridgehead atoms. The van der Waals surface area contributed by atoms with Crippen molar-refractivity contribution in [3.8, 4) is 11.5 Å². The zero-order valence-corrected chi connectivity index (χ0v) is 19.8. The molecule has 2 rings (SSSR count). The number of hydrogen-bond acceptors (Lipinski definition) is 5. The van der Waals surface area contributed by atoms with Crippen LogP contribution in [0.2, 0.25) is 5.02 Å². The van der Waals surface area contributed by atoms with Crippen LogP contribution in [0.4, 0.5) is 5.69 Å². The summed E-state index contributed by atoms with van der Waals surface area (Å²) in [6.07, 6.45) is 3.05. The van der Waals surface area contributed by atoms with Gasteiger partial charge in [-0.3, -0.25) is 9.59 Å². The second-order valence-corrected chi connectivity index (χ2v) is 7.72. The van der Waals surface area contributed by atoms with Crippen LogP contribution in [0.15, 0.2) is 46.0 Å². The molecule has 9 heteroatoms. The summed E-state index contributed by atoms with van der Waals surface area (Å²) in [5, 5.41) is 6.90. The van der Waals surface area contributed by atoms with Gasteiger partial charge in [0.2, 0.25) is 11.8 Å². The molecule has 0 heterocycles. The van der Waals surface area contributed by atoms with Crippen LogP contribution in [0.5, 0.6) is 11.5 Å². The zero-order valence-electron chi connectivity index (χ0n) is 17.4. The predicted octanol–water partition coefficient (Wildman–Crippen LogP) is 5.16. The fourth-order valence-electron chi connectivity index (χ4n) is 2.51. The number of hydrogen-bond donors (Lipinski definition) is 2. The smallest absolute Gasteiger partial charge is 0.249 e. The van der Waals surface area contributed by atoms with Gasteiger partial charge in [-0.15, -0.1) is 0 Å². The Morgan fingerprint density at radius 2 is 1.94 bits per heavy atom. The van der Waals surface area contributed by atoms with Gasteiger partial charge in [-0.25, -0.2) is 5.43 Å². The van der Waals surface area contributed by atoms with Crippen molar-refractivity contribution in [1.82, 2.24) is 5.43 Å². The molecule has 0 saturated heterocycles. The standard InChI is InChI=1S/C22H25BrClN3O4/c1-3-5-10-31-22-16(23)11-15(12-19(22)30-4-2)14-25-27-21(29)13-20(28)26-18-9-7-6-8-17(18)24/h6-9,11-12,14H,3-5,10,13H2,1-2H3,(H,26,28)(H,27,29). The van der Waals surface area contributed by atoms with Crippen LogP contribution < -0.4 is 20.2 Å². The zero-order chi connectivity index (χ0) is 22.6. The maximum Gasteiger partial charge on any atom is 0.249 e. The molecule has 31 heavy (non-hydrogen) atoms. The second kappa shape index (κ2) is 13.0. The minimum absolute atomic E-state index is 0.388. The van der Waals surface area contributed by atoms with Crippen molar-refractivity contribution in [2.24, 2.45) is 5.10 Å². The molecule has 166 valence electrons. The first-order chi connectivity index (χ1) is 14.9. The van der Waals surface area contributed by atoms with E-state index in [1.165, 1.54) is 6.21 Å². The van der Waals surface area contributed by atoms with E-state index in [0.29, 0.717) is 41.0 Å². The maximum absolute atomic E-state index is 12.0. The highest BCUT2D eigenvalue weighted by Crippen LogP contribution is 2.36. The van der Waals surface area contributed by atoms with Gasteiger partial charge in [-0.2, -0.15) is 5.10 Å². The van der Waals surface area contributed by atoms with Gasteiger partial charge < -0.3 is 14.8 Å². The number of unbranched alkanes of at least 4 members (excludes halogenated alkanes) is 1. The van der Waals surface area contributed by atoms with E-state index >= 15 is 0 Å². The first-order valence-corrected chi connectivity index (χ1v) is 11.1. The van der Waals surface area contributed by atoms with E-state index in [0.717, 1.165) is 17.3 Å². The fourth-order valence-corrected chi connectivity index (χ4v) is 3.26. The average Bonchev–Trinajstić information content (AvgIpc) is 2.72. The summed E-state index contributed by atoms with van der Waals surface area (Å²) in [6.45, 7) is 5.05. The molecule has 0 unspecified atom stereocenters. The van der Waals surface area contributed by atoms with E-state index in [-0.39, 0.29) is 6.42 Å². The topological polar surface area (TPSA) is 89.0 Å². The SMILES string of the molecule is CCCCOc1c(Br)cc(C=NNC(=O)CC(=O)Nc2ccccc2Cl)cc1OCC. The van der Waals surface area contributed by atoms with Crippen molar-refractivity contribution >= 4 is 51.2 Å². The van der Waals surface area contributed by atoms with Crippen LogP contribution in [0.3, 0.4) is 0 Å². The lowest BCUT2D eigenvalue weighted by molar-refractivity contribution is -0.126. The Labute approximate surface area is 195 Å². The Kier molecular flexibility index (Phi) is 10.3. The van der Waals surface area contributed by atoms with Gasteiger partial charge in [0.25, 0.3) is 0 Å². The summed E-state index contributed by atoms with van der Waals surface area (Å²) in [5.41, 5.74) is 3.48. The Hall–Kier alpha value is -2.58. The molecule has 0 aromatic heterocycles. The molecule has 7 nitrogen and oxygen atoms in total. The molecule has 2 amide bonds. The lowest BCUT2D eigenvalue weighted by Crippen LogP contribution is -2.24. The Bertz CT molecular complexity index is 937.